The van der Waals surface area contributed by atoms with Gasteiger partial charge in [0.15, 0.2) is 0 Å². The van der Waals surface area contributed by atoms with Crippen LogP contribution in [0.5, 0.6) is 0 Å². The van der Waals surface area contributed by atoms with Gasteiger partial charge in [-0.05, 0) is 6.42 Å². The quantitative estimate of drug-likeness (QED) is 0.236. The summed E-state index contributed by atoms with van der Waals surface area (Å²) in [6.45, 7) is 2.14. The fourth-order valence-electron chi connectivity index (χ4n) is 0.552. The SMILES string of the molecule is CCCC(=O)OCCO[N]C=O. The number of carbonyl (C=O) groups is 2. The van der Waals surface area contributed by atoms with Crippen molar-refractivity contribution in [2.75, 3.05) is 13.2 Å². The molecule has 0 N–H and O–H groups in total. The van der Waals surface area contributed by atoms with E-state index in [2.05, 4.69) is 15.1 Å². The molecule has 1 amide bonds. The molecule has 0 unspecified atom stereocenters. The van der Waals surface area contributed by atoms with Crippen molar-refractivity contribution < 1.29 is 19.2 Å². The zero-order chi connectivity index (χ0) is 9.23. The fourth-order valence-corrected chi connectivity index (χ4v) is 0.552. The van der Waals surface area contributed by atoms with Crippen molar-refractivity contribution in [3.05, 3.63) is 0 Å². The summed E-state index contributed by atoms with van der Waals surface area (Å²) in [6, 6.07) is 0. The number of ether oxygens (including phenoxy) is 1. The molecule has 0 rings (SSSR count). The van der Waals surface area contributed by atoms with Crippen LogP contribution in [0.3, 0.4) is 0 Å². The van der Waals surface area contributed by atoms with Gasteiger partial charge in [-0.2, -0.15) is 0 Å². The molecule has 0 atom stereocenters. The van der Waals surface area contributed by atoms with Crippen molar-refractivity contribution in [2.45, 2.75) is 19.8 Å². The molecule has 0 aliphatic rings. The molecule has 0 aliphatic carbocycles. The van der Waals surface area contributed by atoms with Crippen molar-refractivity contribution in [3.8, 4) is 0 Å². The number of nitrogens with zero attached hydrogens (tertiary/aromatic N) is 1. The molecule has 0 saturated carbocycles. The predicted octanol–water partition coefficient (Wildman–Crippen LogP) is 0.0221. The van der Waals surface area contributed by atoms with Gasteiger partial charge in [-0.25, -0.2) is 4.84 Å². The summed E-state index contributed by atoms with van der Waals surface area (Å²) in [5, 5.41) is 0. The van der Waals surface area contributed by atoms with Crippen molar-refractivity contribution in [3.63, 3.8) is 0 Å². The molecule has 5 nitrogen and oxygen atoms in total. The van der Waals surface area contributed by atoms with E-state index in [0.29, 0.717) is 6.42 Å². The van der Waals surface area contributed by atoms with E-state index in [-0.39, 0.29) is 25.6 Å². The van der Waals surface area contributed by atoms with Crippen molar-refractivity contribution in [1.82, 2.24) is 5.48 Å². The van der Waals surface area contributed by atoms with Crippen LogP contribution in [-0.4, -0.2) is 25.6 Å². The van der Waals surface area contributed by atoms with Crippen LogP contribution in [0, 0.1) is 0 Å². The normalized spacial score (nSPS) is 9.08. The molecule has 12 heavy (non-hydrogen) atoms. The van der Waals surface area contributed by atoms with E-state index in [1.165, 1.54) is 0 Å². The number of esters is 1. The Bertz CT molecular complexity index is 137. The van der Waals surface area contributed by atoms with Crippen LogP contribution < -0.4 is 5.48 Å². The summed E-state index contributed by atoms with van der Waals surface area (Å²) in [6.07, 6.45) is 1.46. The second kappa shape index (κ2) is 8.00. The highest BCUT2D eigenvalue weighted by Crippen LogP contribution is 1.90. The number of carbonyl (C=O) groups excluding carboxylic acids is 2. The summed E-state index contributed by atoms with van der Waals surface area (Å²) >= 11 is 0. The van der Waals surface area contributed by atoms with E-state index in [9.17, 15) is 9.59 Å². The highest BCUT2D eigenvalue weighted by Gasteiger charge is 1.99. The standard InChI is InChI=1S/C7H12NO4/c1-2-3-7(10)11-4-5-12-8-6-9/h6H,2-5H2,1H3. The number of hydroxylamine groups is 1. The van der Waals surface area contributed by atoms with Gasteiger partial charge in [0.25, 0.3) is 6.41 Å². The average molecular weight is 174 g/mol. The summed E-state index contributed by atoms with van der Waals surface area (Å²) in [4.78, 5) is 24.7. The van der Waals surface area contributed by atoms with Gasteiger partial charge in [0, 0.05) is 6.42 Å². The van der Waals surface area contributed by atoms with Gasteiger partial charge >= 0.3 is 5.97 Å². The first-order chi connectivity index (χ1) is 5.81. The van der Waals surface area contributed by atoms with E-state index < -0.39 is 0 Å². The third-order valence-corrected chi connectivity index (χ3v) is 1.01. The maximum absolute atomic E-state index is 10.7. The summed E-state index contributed by atoms with van der Waals surface area (Å²) in [5.74, 6) is -0.257. The first-order valence-electron chi connectivity index (χ1n) is 3.72. The Hall–Kier alpha value is -1.10. The lowest BCUT2D eigenvalue weighted by Gasteiger charge is -2.01. The van der Waals surface area contributed by atoms with Crippen LogP contribution in [0.15, 0.2) is 0 Å². The first kappa shape index (κ1) is 10.9. The van der Waals surface area contributed by atoms with Crippen LogP contribution >= 0.6 is 0 Å². The van der Waals surface area contributed by atoms with Crippen LogP contribution in [-0.2, 0) is 19.2 Å². The number of rotatable bonds is 7. The summed E-state index contributed by atoms with van der Waals surface area (Å²) in [5.41, 5.74) is 2.94. The minimum absolute atomic E-state index is 0.119. The maximum atomic E-state index is 10.7. The second-order valence-electron chi connectivity index (χ2n) is 2.01. The zero-order valence-electron chi connectivity index (χ0n) is 6.99. The van der Waals surface area contributed by atoms with E-state index in [4.69, 9.17) is 0 Å². The largest absolute Gasteiger partial charge is 0.463 e. The monoisotopic (exact) mass is 174 g/mol. The minimum Gasteiger partial charge on any atom is -0.463 e. The van der Waals surface area contributed by atoms with Crippen LogP contribution in [0.2, 0.25) is 0 Å². The van der Waals surface area contributed by atoms with E-state index >= 15 is 0 Å². The first-order valence-corrected chi connectivity index (χ1v) is 3.72. The van der Waals surface area contributed by atoms with Crippen molar-refractivity contribution in [1.29, 1.82) is 0 Å². The smallest absolute Gasteiger partial charge is 0.305 e. The molecule has 0 aliphatic heterocycles. The Morgan fingerprint density at radius 1 is 1.50 bits per heavy atom. The molecule has 5 heteroatoms. The molecule has 0 aromatic rings. The highest BCUT2D eigenvalue weighted by molar-refractivity contribution is 5.69. The number of amides is 1. The van der Waals surface area contributed by atoms with Gasteiger partial charge < -0.3 is 4.74 Å². The average Bonchev–Trinajstić information content (AvgIpc) is 2.05. The Morgan fingerprint density at radius 3 is 2.83 bits per heavy atom. The van der Waals surface area contributed by atoms with Gasteiger partial charge in [-0.1, -0.05) is 12.4 Å². The molecule has 0 heterocycles. The van der Waals surface area contributed by atoms with Crippen molar-refractivity contribution >= 4 is 12.4 Å². The van der Waals surface area contributed by atoms with Crippen molar-refractivity contribution in [2.24, 2.45) is 0 Å². The molecular formula is C7H12NO4. The predicted molar refractivity (Wildman–Crippen MR) is 40.0 cm³/mol. The topological polar surface area (TPSA) is 66.7 Å². The Balaban J connectivity index is 3.08. The van der Waals surface area contributed by atoms with Gasteiger partial charge in [-0.3, -0.25) is 9.59 Å². The molecule has 0 saturated heterocycles. The Morgan fingerprint density at radius 2 is 2.25 bits per heavy atom. The molecule has 0 fully saturated rings. The number of hydrogen-bond acceptors (Lipinski definition) is 4. The molecule has 69 valence electrons. The Kier molecular flexibility index (Phi) is 7.27. The molecule has 1 radical (unpaired) electrons. The third-order valence-electron chi connectivity index (χ3n) is 1.01. The lowest BCUT2D eigenvalue weighted by Crippen LogP contribution is -2.13. The fraction of sp³-hybridized carbons (Fsp3) is 0.714. The van der Waals surface area contributed by atoms with E-state index in [1.54, 1.807) is 0 Å². The van der Waals surface area contributed by atoms with Crippen LogP contribution in [0.25, 0.3) is 0 Å². The minimum atomic E-state index is -0.257. The molecule has 0 bridgehead atoms. The zero-order valence-corrected chi connectivity index (χ0v) is 6.99. The van der Waals surface area contributed by atoms with E-state index in [1.807, 2.05) is 6.92 Å². The molecule has 0 spiro atoms. The molecule has 0 aromatic heterocycles. The van der Waals surface area contributed by atoms with Gasteiger partial charge in [0.05, 0.1) is 0 Å². The molecular weight excluding hydrogens is 162 g/mol. The number of hydrogen-bond donors (Lipinski definition) is 0. The van der Waals surface area contributed by atoms with Crippen LogP contribution in [0.1, 0.15) is 19.8 Å². The third kappa shape index (κ3) is 7.01. The molecule has 0 aromatic carbocycles. The lowest BCUT2D eigenvalue weighted by atomic mass is 10.3. The Labute approximate surface area is 71.0 Å². The van der Waals surface area contributed by atoms with Gasteiger partial charge in [0.1, 0.15) is 13.2 Å². The lowest BCUT2D eigenvalue weighted by molar-refractivity contribution is -0.146. The second-order valence-corrected chi connectivity index (χ2v) is 2.01. The van der Waals surface area contributed by atoms with E-state index in [0.717, 1.165) is 6.42 Å². The maximum Gasteiger partial charge on any atom is 0.305 e. The summed E-state index contributed by atoms with van der Waals surface area (Å²) < 4.78 is 4.69. The van der Waals surface area contributed by atoms with Gasteiger partial charge in [0.2, 0.25) is 0 Å². The highest BCUT2D eigenvalue weighted by atomic mass is 16.7. The summed E-state index contributed by atoms with van der Waals surface area (Å²) in [7, 11) is 0. The van der Waals surface area contributed by atoms with Crippen LogP contribution in [0.4, 0.5) is 0 Å². The van der Waals surface area contributed by atoms with Gasteiger partial charge in [-0.15, -0.1) is 0 Å².